The first-order chi connectivity index (χ1) is 10.1. The predicted octanol–water partition coefficient (Wildman–Crippen LogP) is 2.84. The molecular weight excluding hydrogens is 262 g/mol. The second-order valence-corrected chi connectivity index (χ2v) is 5.25. The van der Waals surface area contributed by atoms with E-state index >= 15 is 0 Å². The molecule has 3 aromatic rings. The van der Waals surface area contributed by atoms with Gasteiger partial charge in [0, 0.05) is 11.3 Å². The summed E-state index contributed by atoms with van der Waals surface area (Å²) in [4.78, 5) is 0. The van der Waals surface area contributed by atoms with Gasteiger partial charge in [0.05, 0.1) is 5.69 Å². The van der Waals surface area contributed by atoms with Crippen molar-refractivity contribution in [2.45, 2.75) is 20.8 Å². The Morgan fingerprint density at radius 2 is 1.67 bits per heavy atom. The van der Waals surface area contributed by atoms with Crippen molar-refractivity contribution in [2.24, 2.45) is 0 Å². The van der Waals surface area contributed by atoms with Gasteiger partial charge in [-0.3, -0.25) is 0 Å². The van der Waals surface area contributed by atoms with E-state index in [9.17, 15) is 0 Å². The van der Waals surface area contributed by atoms with E-state index in [0.29, 0.717) is 5.82 Å². The van der Waals surface area contributed by atoms with Crippen LogP contribution in [0.15, 0.2) is 36.4 Å². The Bertz CT molecular complexity index is 738. The molecule has 0 aliphatic carbocycles. The SMILES string of the molecule is Cc1ccc(-n2nnnc2-c2ccc(C)c(N)c2)cc1C. The summed E-state index contributed by atoms with van der Waals surface area (Å²) in [5.41, 5.74) is 12.1. The Balaban J connectivity index is 2.12. The minimum Gasteiger partial charge on any atom is -0.398 e. The van der Waals surface area contributed by atoms with Crippen molar-refractivity contribution < 1.29 is 0 Å². The number of aryl methyl sites for hydroxylation is 3. The van der Waals surface area contributed by atoms with Crippen LogP contribution in [0, 0.1) is 20.8 Å². The summed E-state index contributed by atoms with van der Waals surface area (Å²) in [6.45, 7) is 6.14. The summed E-state index contributed by atoms with van der Waals surface area (Å²) < 4.78 is 1.73. The highest BCUT2D eigenvalue weighted by Gasteiger charge is 2.12. The topological polar surface area (TPSA) is 69.6 Å². The van der Waals surface area contributed by atoms with Crippen LogP contribution in [0.4, 0.5) is 5.69 Å². The fraction of sp³-hybridized carbons (Fsp3) is 0.188. The molecule has 0 spiro atoms. The molecule has 21 heavy (non-hydrogen) atoms. The van der Waals surface area contributed by atoms with Crippen molar-refractivity contribution in [2.75, 3.05) is 5.73 Å². The van der Waals surface area contributed by atoms with Gasteiger partial charge in [0.1, 0.15) is 0 Å². The molecule has 0 saturated carbocycles. The minimum atomic E-state index is 0.685. The Morgan fingerprint density at radius 1 is 0.905 bits per heavy atom. The van der Waals surface area contributed by atoms with Crippen molar-refractivity contribution >= 4 is 5.69 Å². The number of hydrogen-bond acceptors (Lipinski definition) is 4. The summed E-state index contributed by atoms with van der Waals surface area (Å²) in [6.07, 6.45) is 0. The number of nitrogen functional groups attached to an aromatic ring is 1. The van der Waals surface area contributed by atoms with Gasteiger partial charge in [-0.2, -0.15) is 4.68 Å². The van der Waals surface area contributed by atoms with Gasteiger partial charge < -0.3 is 5.73 Å². The number of hydrogen-bond donors (Lipinski definition) is 1. The van der Waals surface area contributed by atoms with Crippen LogP contribution in [0.2, 0.25) is 0 Å². The van der Waals surface area contributed by atoms with Crippen LogP contribution >= 0.6 is 0 Å². The highest BCUT2D eigenvalue weighted by Crippen LogP contribution is 2.24. The van der Waals surface area contributed by atoms with E-state index in [4.69, 9.17) is 5.73 Å². The average molecular weight is 279 g/mol. The molecular formula is C16H17N5. The second kappa shape index (κ2) is 5.01. The number of nitrogens with two attached hydrogens (primary N) is 1. The summed E-state index contributed by atoms with van der Waals surface area (Å²) in [5, 5.41) is 12.0. The average Bonchev–Trinajstić information content (AvgIpc) is 2.94. The van der Waals surface area contributed by atoms with E-state index in [1.807, 2.05) is 31.2 Å². The summed E-state index contributed by atoms with van der Waals surface area (Å²) in [6, 6.07) is 12.0. The van der Waals surface area contributed by atoms with E-state index in [2.05, 4.69) is 41.5 Å². The third-order valence-corrected chi connectivity index (χ3v) is 3.74. The number of rotatable bonds is 2. The highest BCUT2D eigenvalue weighted by atomic mass is 15.5. The maximum absolute atomic E-state index is 5.98. The zero-order valence-electron chi connectivity index (χ0n) is 12.3. The van der Waals surface area contributed by atoms with Crippen LogP contribution in [0.5, 0.6) is 0 Å². The molecule has 1 heterocycles. The molecule has 2 N–H and O–H groups in total. The molecule has 2 aromatic carbocycles. The lowest BCUT2D eigenvalue weighted by molar-refractivity contribution is 0.790. The lowest BCUT2D eigenvalue weighted by Gasteiger charge is -2.08. The maximum Gasteiger partial charge on any atom is 0.187 e. The molecule has 0 bridgehead atoms. The monoisotopic (exact) mass is 279 g/mol. The van der Waals surface area contributed by atoms with Crippen LogP contribution in [-0.2, 0) is 0 Å². The van der Waals surface area contributed by atoms with Crippen molar-refractivity contribution in [3.05, 3.63) is 53.1 Å². The lowest BCUT2D eigenvalue weighted by Crippen LogP contribution is -2.01. The van der Waals surface area contributed by atoms with E-state index < -0.39 is 0 Å². The van der Waals surface area contributed by atoms with Crippen molar-refractivity contribution in [3.63, 3.8) is 0 Å². The smallest absolute Gasteiger partial charge is 0.187 e. The van der Waals surface area contributed by atoms with Gasteiger partial charge >= 0.3 is 0 Å². The third-order valence-electron chi connectivity index (χ3n) is 3.74. The fourth-order valence-electron chi connectivity index (χ4n) is 2.18. The van der Waals surface area contributed by atoms with Crippen molar-refractivity contribution in [3.8, 4) is 17.1 Å². The molecule has 0 radical (unpaired) electrons. The fourth-order valence-corrected chi connectivity index (χ4v) is 2.18. The van der Waals surface area contributed by atoms with Crippen molar-refractivity contribution in [1.29, 1.82) is 0 Å². The van der Waals surface area contributed by atoms with Crippen molar-refractivity contribution in [1.82, 2.24) is 20.2 Å². The summed E-state index contributed by atoms with van der Waals surface area (Å²) >= 11 is 0. The van der Waals surface area contributed by atoms with Gasteiger partial charge in [-0.1, -0.05) is 18.2 Å². The molecule has 0 unspecified atom stereocenters. The molecule has 3 rings (SSSR count). The second-order valence-electron chi connectivity index (χ2n) is 5.25. The van der Waals surface area contributed by atoms with Gasteiger partial charge in [-0.15, -0.1) is 5.10 Å². The molecule has 0 aliphatic rings. The Morgan fingerprint density at radius 3 is 2.38 bits per heavy atom. The molecule has 0 saturated heterocycles. The van der Waals surface area contributed by atoms with Gasteiger partial charge in [0.15, 0.2) is 5.82 Å². The largest absolute Gasteiger partial charge is 0.398 e. The molecule has 1 aromatic heterocycles. The number of aromatic nitrogens is 4. The van der Waals surface area contributed by atoms with Crippen LogP contribution < -0.4 is 5.73 Å². The van der Waals surface area contributed by atoms with Gasteiger partial charge in [0.25, 0.3) is 0 Å². The van der Waals surface area contributed by atoms with E-state index in [1.165, 1.54) is 11.1 Å². The number of benzene rings is 2. The molecule has 5 nitrogen and oxygen atoms in total. The number of nitrogens with zero attached hydrogens (tertiary/aromatic N) is 4. The Labute approximate surface area is 123 Å². The molecule has 0 aliphatic heterocycles. The molecule has 0 amide bonds. The lowest BCUT2D eigenvalue weighted by atomic mass is 10.1. The molecule has 5 heteroatoms. The zero-order valence-corrected chi connectivity index (χ0v) is 12.3. The van der Waals surface area contributed by atoms with Gasteiger partial charge in [-0.05, 0) is 66.1 Å². The first kappa shape index (κ1) is 13.3. The van der Waals surface area contributed by atoms with Gasteiger partial charge in [-0.25, -0.2) is 0 Å². The summed E-state index contributed by atoms with van der Waals surface area (Å²) in [5.74, 6) is 0.685. The van der Waals surface area contributed by atoms with Crippen LogP contribution in [-0.4, -0.2) is 20.2 Å². The standard InChI is InChI=1S/C16H17N5/c1-10-5-7-14(8-12(10)3)21-16(18-19-20-21)13-6-4-11(2)15(17)9-13/h4-9H,17H2,1-3H3. The molecule has 0 fully saturated rings. The highest BCUT2D eigenvalue weighted by molar-refractivity contribution is 5.64. The Hall–Kier alpha value is -2.69. The number of anilines is 1. The minimum absolute atomic E-state index is 0.685. The normalized spacial score (nSPS) is 10.8. The zero-order chi connectivity index (χ0) is 15.0. The predicted molar refractivity (Wildman–Crippen MR) is 83.2 cm³/mol. The molecule has 106 valence electrons. The van der Waals surface area contributed by atoms with E-state index in [0.717, 1.165) is 22.5 Å². The molecule has 0 atom stereocenters. The van der Waals surface area contributed by atoms with E-state index in [1.54, 1.807) is 4.68 Å². The van der Waals surface area contributed by atoms with Crippen LogP contribution in [0.25, 0.3) is 17.1 Å². The van der Waals surface area contributed by atoms with Crippen LogP contribution in [0.3, 0.4) is 0 Å². The number of tetrazole rings is 1. The maximum atomic E-state index is 5.98. The quantitative estimate of drug-likeness (QED) is 0.732. The van der Waals surface area contributed by atoms with Crippen LogP contribution in [0.1, 0.15) is 16.7 Å². The first-order valence-corrected chi connectivity index (χ1v) is 6.79. The van der Waals surface area contributed by atoms with E-state index in [-0.39, 0.29) is 0 Å². The summed E-state index contributed by atoms with van der Waals surface area (Å²) in [7, 11) is 0. The van der Waals surface area contributed by atoms with Gasteiger partial charge in [0.2, 0.25) is 0 Å². The third kappa shape index (κ3) is 2.38. The Kier molecular flexibility index (Phi) is 3.17. The first-order valence-electron chi connectivity index (χ1n) is 6.79.